The third kappa shape index (κ3) is 4.70. The maximum Gasteiger partial charge on any atom is 0.338 e. The van der Waals surface area contributed by atoms with Crippen LogP contribution in [-0.2, 0) is 16.0 Å². The highest BCUT2D eigenvalue weighted by Gasteiger charge is 2.27. The zero-order chi connectivity index (χ0) is 20.8. The summed E-state index contributed by atoms with van der Waals surface area (Å²) in [4.78, 5) is 26.7. The van der Waals surface area contributed by atoms with E-state index in [-0.39, 0.29) is 18.6 Å². The first-order valence-corrected chi connectivity index (χ1v) is 9.86. The molecule has 0 aromatic heterocycles. The molecule has 1 aliphatic rings. The number of aryl methyl sites for hydroxylation is 1. The quantitative estimate of drug-likeness (QED) is 0.665. The molecule has 0 radical (unpaired) electrons. The van der Waals surface area contributed by atoms with E-state index in [1.54, 1.807) is 30.1 Å². The minimum absolute atomic E-state index is 0.0109. The summed E-state index contributed by atoms with van der Waals surface area (Å²) < 4.78 is 16.0. The van der Waals surface area contributed by atoms with Crippen LogP contribution in [0.4, 0.5) is 0 Å². The SMILES string of the molecule is CCOc1ccc(C(=O)OCC(=O)N(C)[C@H]2CCCc3ccccc32)cc1OC. The fraction of sp³-hybridized carbons (Fsp3) is 0.391. The van der Waals surface area contributed by atoms with Crippen LogP contribution >= 0.6 is 0 Å². The molecule has 0 unspecified atom stereocenters. The largest absolute Gasteiger partial charge is 0.493 e. The molecule has 1 atom stereocenters. The van der Waals surface area contributed by atoms with Crippen molar-refractivity contribution >= 4 is 11.9 Å². The molecule has 0 bridgehead atoms. The molecule has 1 aliphatic carbocycles. The number of likely N-dealkylation sites (N-methyl/N-ethyl adjacent to an activating group) is 1. The second-order valence-corrected chi connectivity index (χ2v) is 6.99. The molecule has 0 saturated carbocycles. The molecule has 1 amide bonds. The van der Waals surface area contributed by atoms with E-state index in [0.29, 0.717) is 23.7 Å². The standard InChI is InChI=1S/C23H27NO5/c1-4-28-20-13-12-17(14-21(20)27-3)23(26)29-15-22(25)24(2)19-11-7-9-16-8-5-6-10-18(16)19/h5-6,8,10,12-14,19H,4,7,9,11,15H2,1-3H3/t19-/m0/s1. The van der Waals surface area contributed by atoms with Crippen LogP contribution in [0.15, 0.2) is 42.5 Å². The van der Waals surface area contributed by atoms with Crippen molar-refractivity contribution in [3.63, 3.8) is 0 Å². The summed E-state index contributed by atoms with van der Waals surface area (Å²) in [7, 11) is 3.27. The molecule has 0 N–H and O–H groups in total. The van der Waals surface area contributed by atoms with E-state index < -0.39 is 5.97 Å². The van der Waals surface area contributed by atoms with E-state index >= 15 is 0 Å². The number of rotatable bonds is 7. The molecule has 6 nitrogen and oxygen atoms in total. The van der Waals surface area contributed by atoms with Crippen LogP contribution in [0.2, 0.25) is 0 Å². The first-order chi connectivity index (χ1) is 14.0. The first kappa shape index (κ1) is 20.7. The number of hydrogen-bond acceptors (Lipinski definition) is 5. The Morgan fingerprint density at radius 3 is 2.69 bits per heavy atom. The van der Waals surface area contributed by atoms with Crippen LogP contribution in [0.1, 0.15) is 47.3 Å². The predicted molar refractivity (Wildman–Crippen MR) is 109 cm³/mol. The van der Waals surface area contributed by atoms with Crippen molar-refractivity contribution in [2.75, 3.05) is 27.4 Å². The Balaban J connectivity index is 1.63. The molecule has 6 heteroatoms. The Morgan fingerprint density at radius 1 is 1.14 bits per heavy atom. The zero-order valence-electron chi connectivity index (χ0n) is 17.1. The molecule has 0 saturated heterocycles. The second kappa shape index (κ2) is 9.45. The number of nitrogens with zero attached hydrogens (tertiary/aromatic N) is 1. The zero-order valence-corrected chi connectivity index (χ0v) is 17.1. The topological polar surface area (TPSA) is 65.1 Å². The minimum atomic E-state index is -0.572. The molecule has 29 heavy (non-hydrogen) atoms. The summed E-state index contributed by atoms with van der Waals surface area (Å²) in [5, 5.41) is 0. The fourth-order valence-electron chi connectivity index (χ4n) is 3.69. The van der Waals surface area contributed by atoms with Gasteiger partial charge in [-0.3, -0.25) is 4.79 Å². The minimum Gasteiger partial charge on any atom is -0.493 e. The highest BCUT2D eigenvalue weighted by Crippen LogP contribution is 2.33. The van der Waals surface area contributed by atoms with Crippen molar-refractivity contribution in [1.29, 1.82) is 0 Å². The Labute approximate surface area is 171 Å². The lowest BCUT2D eigenvalue weighted by Gasteiger charge is -2.33. The van der Waals surface area contributed by atoms with Crippen LogP contribution in [0, 0.1) is 0 Å². The number of esters is 1. The number of benzene rings is 2. The van der Waals surface area contributed by atoms with Crippen LogP contribution in [0.5, 0.6) is 11.5 Å². The van der Waals surface area contributed by atoms with Crippen molar-refractivity contribution in [3.8, 4) is 11.5 Å². The molecule has 154 valence electrons. The normalized spacial score (nSPS) is 15.2. The van der Waals surface area contributed by atoms with Crippen molar-refractivity contribution in [2.24, 2.45) is 0 Å². The summed E-state index contributed by atoms with van der Waals surface area (Å²) in [6.07, 6.45) is 2.97. The molecule has 0 heterocycles. The van der Waals surface area contributed by atoms with Crippen LogP contribution in [0.3, 0.4) is 0 Å². The number of amides is 1. The number of ether oxygens (including phenoxy) is 3. The summed E-state index contributed by atoms with van der Waals surface area (Å²) in [5.74, 6) is 0.206. The third-order valence-corrected chi connectivity index (χ3v) is 5.22. The van der Waals surface area contributed by atoms with E-state index in [1.807, 2.05) is 19.1 Å². The van der Waals surface area contributed by atoms with Gasteiger partial charge in [0.05, 0.1) is 25.3 Å². The summed E-state index contributed by atoms with van der Waals surface area (Å²) in [5.41, 5.74) is 2.77. The van der Waals surface area contributed by atoms with Crippen LogP contribution in [0.25, 0.3) is 0 Å². The lowest BCUT2D eigenvalue weighted by Crippen LogP contribution is -2.36. The number of methoxy groups -OCH3 is 1. The van der Waals surface area contributed by atoms with Crippen LogP contribution in [-0.4, -0.2) is 44.1 Å². The van der Waals surface area contributed by atoms with E-state index in [9.17, 15) is 9.59 Å². The van der Waals surface area contributed by atoms with Crippen LogP contribution < -0.4 is 9.47 Å². The molecule has 3 rings (SSSR count). The Morgan fingerprint density at radius 2 is 1.93 bits per heavy atom. The first-order valence-electron chi connectivity index (χ1n) is 9.86. The van der Waals surface area contributed by atoms with Crippen molar-refractivity contribution in [1.82, 2.24) is 4.90 Å². The van der Waals surface area contributed by atoms with Gasteiger partial charge in [0.15, 0.2) is 18.1 Å². The summed E-state index contributed by atoms with van der Waals surface area (Å²) in [6, 6.07) is 13.0. The Kier molecular flexibility index (Phi) is 6.75. The van der Waals surface area contributed by atoms with Crippen molar-refractivity contribution in [2.45, 2.75) is 32.2 Å². The monoisotopic (exact) mass is 397 g/mol. The van der Waals surface area contributed by atoms with Gasteiger partial charge in [-0.25, -0.2) is 4.79 Å². The smallest absolute Gasteiger partial charge is 0.338 e. The van der Waals surface area contributed by atoms with Gasteiger partial charge in [-0.1, -0.05) is 24.3 Å². The number of carbonyl (C=O) groups excluding carboxylic acids is 2. The highest BCUT2D eigenvalue weighted by molar-refractivity contribution is 5.92. The van der Waals surface area contributed by atoms with Gasteiger partial charge in [-0.2, -0.15) is 0 Å². The lowest BCUT2D eigenvalue weighted by molar-refractivity contribution is -0.135. The van der Waals surface area contributed by atoms with E-state index in [0.717, 1.165) is 19.3 Å². The number of carbonyl (C=O) groups is 2. The summed E-state index contributed by atoms with van der Waals surface area (Å²) in [6.45, 7) is 2.06. The lowest BCUT2D eigenvalue weighted by atomic mass is 9.87. The van der Waals surface area contributed by atoms with Gasteiger partial charge in [-0.15, -0.1) is 0 Å². The molecule has 0 aliphatic heterocycles. The number of hydrogen-bond donors (Lipinski definition) is 0. The van der Waals surface area contributed by atoms with Gasteiger partial charge in [-0.05, 0) is 55.5 Å². The molecule has 0 spiro atoms. The van der Waals surface area contributed by atoms with Gasteiger partial charge in [0, 0.05) is 7.05 Å². The Bertz CT molecular complexity index is 879. The molecule has 2 aromatic carbocycles. The van der Waals surface area contributed by atoms with Gasteiger partial charge in [0.2, 0.25) is 0 Å². The Hall–Kier alpha value is -3.02. The molecular weight excluding hydrogens is 370 g/mol. The van der Waals surface area contributed by atoms with Crippen molar-refractivity contribution < 1.29 is 23.8 Å². The second-order valence-electron chi connectivity index (χ2n) is 6.99. The van der Waals surface area contributed by atoms with Gasteiger partial charge < -0.3 is 19.1 Å². The van der Waals surface area contributed by atoms with E-state index in [1.165, 1.54) is 18.2 Å². The molecule has 0 fully saturated rings. The van der Waals surface area contributed by atoms with Gasteiger partial charge >= 0.3 is 5.97 Å². The summed E-state index contributed by atoms with van der Waals surface area (Å²) >= 11 is 0. The van der Waals surface area contributed by atoms with E-state index in [2.05, 4.69) is 12.1 Å². The molecular formula is C23H27NO5. The maximum atomic E-state index is 12.7. The average Bonchev–Trinajstić information content (AvgIpc) is 2.76. The van der Waals surface area contributed by atoms with E-state index in [4.69, 9.17) is 14.2 Å². The predicted octanol–water partition coefficient (Wildman–Crippen LogP) is 3.79. The van der Waals surface area contributed by atoms with Gasteiger partial charge in [0.25, 0.3) is 5.91 Å². The fourth-order valence-corrected chi connectivity index (χ4v) is 3.69. The van der Waals surface area contributed by atoms with Crippen molar-refractivity contribution in [3.05, 3.63) is 59.2 Å². The van der Waals surface area contributed by atoms with Gasteiger partial charge in [0.1, 0.15) is 0 Å². The maximum absolute atomic E-state index is 12.7. The third-order valence-electron chi connectivity index (χ3n) is 5.22. The highest BCUT2D eigenvalue weighted by atomic mass is 16.5. The average molecular weight is 397 g/mol. The number of fused-ring (bicyclic) bond motifs is 1. The molecule has 2 aromatic rings.